The van der Waals surface area contributed by atoms with Gasteiger partial charge in [0.15, 0.2) is 0 Å². The van der Waals surface area contributed by atoms with Crippen LogP contribution in [0.3, 0.4) is 0 Å². The molecule has 1 aliphatic carbocycles. The van der Waals surface area contributed by atoms with Crippen molar-refractivity contribution in [2.24, 2.45) is 5.92 Å². The monoisotopic (exact) mass is 281 g/mol. The molecule has 5 heteroatoms. The first-order valence-electron chi connectivity index (χ1n) is 6.57. The number of rotatable bonds is 4. The van der Waals surface area contributed by atoms with E-state index in [1.165, 1.54) is 6.26 Å². The molecule has 0 spiro atoms. The smallest absolute Gasteiger partial charge is 0.150 e. The van der Waals surface area contributed by atoms with Gasteiger partial charge in [0.2, 0.25) is 0 Å². The molecule has 1 aliphatic rings. The molecule has 2 rings (SSSR count). The number of Topliss-reactive ketones (excluding diaryl/α,β-unsaturated/α-hetero) is 1. The number of carbonyl (C=O) groups is 1. The van der Waals surface area contributed by atoms with Crippen molar-refractivity contribution in [2.75, 3.05) is 6.26 Å². The molecule has 0 aliphatic heterocycles. The molecule has 104 valence electrons. The number of aromatic nitrogens is 1. The van der Waals surface area contributed by atoms with Gasteiger partial charge in [-0.2, -0.15) is 0 Å². The fourth-order valence-corrected chi connectivity index (χ4v) is 3.85. The van der Waals surface area contributed by atoms with E-state index in [1.807, 2.05) is 12.1 Å². The molecule has 1 aromatic heterocycles. The molecule has 1 aromatic rings. The zero-order chi connectivity index (χ0) is 13.9. The average Bonchev–Trinajstić information content (AvgIpc) is 2.39. The van der Waals surface area contributed by atoms with Crippen LogP contribution in [0.4, 0.5) is 0 Å². The molecule has 1 saturated carbocycles. The zero-order valence-electron chi connectivity index (χ0n) is 11.1. The van der Waals surface area contributed by atoms with Gasteiger partial charge < -0.3 is 0 Å². The standard InChI is InChI=1S/C14H19NO3S/c1-19(17,18)13-6-2-5-12(9-13)14(16)8-11-4-3-7-15-10-11/h3-4,7,10,12-13H,2,5-6,8-9H2,1H3. The van der Waals surface area contributed by atoms with Gasteiger partial charge in [0.1, 0.15) is 15.6 Å². The summed E-state index contributed by atoms with van der Waals surface area (Å²) in [5.74, 6) is 0.0232. The summed E-state index contributed by atoms with van der Waals surface area (Å²) in [7, 11) is -3.03. The van der Waals surface area contributed by atoms with E-state index in [0.29, 0.717) is 19.3 Å². The highest BCUT2D eigenvalue weighted by molar-refractivity contribution is 7.91. The van der Waals surface area contributed by atoms with Crippen LogP contribution in [0.25, 0.3) is 0 Å². The molecule has 1 heterocycles. The first-order valence-corrected chi connectivity index (χ1v) is 8.53. The van der Waals surface area contributed by atoms with Crippen LogP contribution in [0.15, 0.2) is 24.5 Å². The fraction of sp³-hybridized carbons (Fsp3) is 0.571. The second kappa shape index (κ2) is 5.82. The molecule has 0 N–H and O–H groups in total. The van der Waals surface area contributed by atoms with Crippen molar-refractivity contribution in [1.29, 1.82) is 0 Å². The number of nitrogens with zero attached hydrogens (tertiary/aromatic N) is 1. The molecule has 0 radical (unpaired) electrons. The summed E-state index contributed by atoms with van der Waals surface area (Å²) in [5.41, 5.74) is 0.897. The summed E-state index contributed by atoms with van der Waals surface area (Å²) in [6.07, 6.45) is 7.80. The van der Waals surface area contributed by atoms with E-state index in [9.17, 15) is 13.2 Å². The van der Waals surface area contributed by atoms with Gasteiger partial charge in [-0.05, 0) is 30.9 Å². The minimum atomic E-state index is -3.03. The molecular weight excluding hydrogens is 262 g/mol. The van der Waals surface area contributed by atoms with Gasteiger partial charge in [-0.15, -0.1) is 0 Å². The number of sulfone groups is 1. The highest BCUT2D eigenvalue weighted by Crippen LogP contribution is 2.29. The first kappa shape index (κ1) is 14.2. The molecule has 0 amide bonds. The summed E-state index contributed by atoms with van der Waals surface area (Å²) >= 11 is 0. The Kier molecular flexibility index (Phi) is 4.34. The van der Waals surface area contributed by atoms with Crippen LogP contribution in [0.2, 0.25) is 0 Å². The number of carbonyl (C=O) groups excluding carboxylic acids is 1. The molecule has 19 heavy (non-hydrogen) atoms. The van der Waals surface area contributed by atoms with Crippen molar-refractivity contribution >= 4 is 15.6 Å². The van der Waals surface area contributed by atoms with Gasteiger partial charge in [0.25, 0.3) is 0 Å². The van der Waals surface area contributed by atoms with E-state index < -0.39 is 9.84 Å². The maximum atomic E-state index is 12.2. The minimum Gasteiger partial charge on any atom is -0.299 e. The van der Waals surface area contributed by atoms with Crippen molar-refractivity contribution in [3.8, 4) is 0 Å². The SMILES string of the molecule is CS(=O)(=O)C1CCCC(C(=O)Cc2cccnc2)C1. The molecule has 0 saturated heterocycles. The van der Waals surface area contributed by atoms with Crippen LogP contribution < -0.4 is 0 Å². The lowest BCUT2D eigenvalue weighted by atomic mass is 9.84. The van der Waals surface area contributed by atoms with Crippen molar-refractivity contribution in [2.45, 2.75) is 37.4 Å². The Balaban J connectivity index is 2.00. The summed E-state index contributed by atoms with van der Waals surface area (Å²) in [4.78, 5) is 16.2. The normalized spacial score (nSPS) is 24.1. The third kappa shape index (κ3) is 3.86. The van der Waals surface area contributed by atoms with Crippen LogP contribution in [-0.2, 0) is 21.1 Å². The second-order valence-corrected chi connectivity index (χ2v) is 7.65. The second-order valence-electron chi connectivity index (χ2n) is 5.32. The van der Waals surface area contributed by atoms with Crippen molar-refractivity contribution in [3.63, 3.8) is 0 Å². The molecule has 0 bridgehead atoms. The van der Waals surface area contributed by atoms with Crippen LogP contribution >= 0.6 is 0 Å². The topological polar surface area (TPSA) is 64.1 Å². The van der Waals surface area contributed by atoms with Crippen LogP contribution in [0.1, 0.15) is 31.2 Å². The number of pyridine rings is 1. The predicted molar refractivity (Wildman–Crippen MR) is 73.5 cm³/mol. The number of ketones is 1. The Morgan fingerprint density at radius 2 is 2.21 bits per heavy atom. The van der Waals surface area contributed by atoms with Gasteiger partial charge in [-0.3, -0.25) is 9.78 Å². The summed E-state index contributed by atoms with van der Waals surface area (Å²) in [5, 5.41) is -0.343. The third-order valence-electron chi connectivity index (χ3n) is 3.79. The first-order chi connectivity index (χ1) is 8.97. The zero-order valence-corrected chi connectivity index (χ0v) is 11.9. The number of hydrogen-bond donors (Lipinski definition) is 0. The highest BCUT2D eigenvalue weighted by atomic mass is 32.2. The van der Waals surface area contributed by atoms with Gasteiger partial charge in [-0.25, -0.2) is 8.42 Å². The van der Waals surface area contributed by atoms with E-state index in [-0.39, 0.29) is 17.0 Å². The quantitative estimate of drug-likeness (QED) is 0.844. The summed E-state index contributed by atoms with van der Waals surface area (Å²) in [6.45, 7) is 0. The predicted octanol–water partition coefficient (Wildman–Crippen LogP) is 1.80. The minimum absolute atomic E-state index is 0.117. The lowest BCUT2D eigenvalue weighted by molar-refractivity contribution is -0.123. The Morgan fingerprint density at radius 3 is 2.84 bits per heavy atom. The van der Waals surface area contributed by atoms with Crippen molar-refractivity contribution in [3.05, 3.63) is 30.1 Å². The van der Waals surface area contributed by atoms with E-state index in [1.54, 1.807) is 12.4 Å². The Hall–Kier alpha value is -1.23. The number of hydrogen-bond acceptors (Lipinski definition) is 4. The van der Waals surface area contributed by atoms with E-state index in [4.69, 9.17) is 0 Å². The maximum Gasteiger partial charge on any atom is 0.150 e. The van der Waals surface area contributed by atoms with Gasteiger partial charge in [-0.1, -0.05) is 12.5 Å². The summed E-state index contributed by atoms with van der Waals surface area (Å²) in [6, 6.07) is 3.69. The van der Waals surface area contributed by atoms with Crippen LogP contribution in [0, 0.1) is 5.92 Å². The Labute approximate surface area is 114 Å². The van der Waals surface area contributed by atoms with Gasteiger partial charge in [0.05, 0.1) is 5.25 Å². The fourth-order valence-electron chi connectivity index (χ4n) is 2.67. The lowest BCUT2D eigenvalue weighted by Crippen LogP contribution is -2.31. The molecule has 4 nitrogen and oxygen atoms in total. The Morgan fingerprint density at radius 1 is 1.42 bits per heavy atom. The molecule has 2 unspecified atom stereocenters. The molecule has 0 aromatic carbocycles. The van der Waals surface area contributed by atoms with Gasteiger partial charge in [0, 0.05) is 31.0 Å². The van der Waals surface area contributed by atoms with E-state index in [2.05, 4.69) is 4.98 Å². The molecule has 1 fully saturated rings. The molecule has 2 atom stereocenters. The van der Waals surface area contributed by atoms with E-state index in [0.717, 1.165) is 18.4 Å². The third-order valence-corrected chi connectivity index (χ3v) is 5.43. The van der Waals surface area contributed by atoms with Crippen molar-refractivity contribution < 1.29 is 13.2 Å². The highest BCUT2D eigenvalue weighted by Gasteiger charge is 2.32. The van der Waals surface area contributed by atoms with Crippen molar-refractivity contribution in [1.82, 2.24) is 4.98 Å². The van der Waals surface area contributed by atoms with Crippen LogP contribution in [-0.4, -0.2) is 30.7 Å². The molecular formula is C14H19NO3S. The summed E-state index contributed by atoms with van der Waals surface area (Å²) < 4.78 is 23.2. The Bertz CT molecular complexity index is 539. The van der Waals surface area contributed by atoms with Crippen LogP contribution in [0.5, 0.6) is 0 Å². The average molecular weight is 281 g/mol. The maximum absolute atomic E-state index is 12.2. The van der Waals surface area contributed by atoms with E-state index >= 15 is 0 Å². The lowest BCUT2D eigenvalue weighted by Gasteiger charge is -2.27. The largest absolute Gasteiger partial charge is 0.299 e. The van der Waals surface area contributed by atoms with Gasteiger partial charge >= 0.3 is 0 Å².